The van der Waals surface area contributed by atoms with Crippen LogP contribution in [-0.4, -0.2) is 46.2 Å². The van der Waals surface area contributed by atoms with Crippen LogP contribution in [0.3, 0.4) is 0 Å². The Balaban J connectivity index is 2.49. The van der Waals surface area contributed by atoms with Gasteiger partial charge >= 0.3 is 0 Å². The summed E-state index contributed by atoms with van der Waals surface area (Å²) in [5, 5.41) is 5.54. The van der Waals surface area contributed by atoms with Gasteiger partial charge in [0.2, 0.25) is 17.6 Å². The third kappa shape index (κ3) is 6.52. The van der Waals surface area contributed by atoms with Crippen LogP contribution in [0, 0.1) is 5.92 Å². The van der Waals surface area contributed by atoms with Crippen molar-refractivity contribution in [1.82, 2.24) is 10.6 Å². The highest BCUT2D eigenvalue weighted by Gasteiger charge is 2.14. The molecule has 0 unspecified atom stereocenters. The Labute approximate surface area is 149 Å². The average Bonchev–Trinajstić information content (AvgIpc) is 2.61. The lowest BCUT2D eigenvalue weighted by Crippen LogP contribution is -2.36. The highest BCUT2D eigenvalue weighted by atomic mass is 16.5. The highest BCUT2D eigenvalue weighted by Crippen LogP contribution is 2.38. The average molecular weight is 352 g/mol. The molecule has 1 rings (SSSR count). The summed E-state index contributed by atoms with van der Waals surface area (Å²) >= 11 is 0. The summed E-state index contributed by atoms with van der Waals surface area (Å²) in [6.07, 6.45) is 0.873. The van der Waals surface area contributed by atoms with E-state index < -0.39 is 0 Å². The lowest BCUT2D eigenvalue weighted by atomic mass is 10.1. The van der Waals surface area contributed by atoms with Gasteiger partial charge in [-0.05, 0) is 24.1 Å². The van der Waals surface area contributed by atoms with Crippen molar-refractivity contribution in [2.45, 2.75) is 26.7 Å². The first kappa shape index (κ1) is 20.6. The molecule has 0 radical (unpaired) electrons. The van der Waals surface area contributed by atoms with E-state index in [1.807, 2.05) is 26.0 Å². The zero-order valence-corrected chi connectivity index (χ0v) is 15.6. The van der Waals surface area contributed by atoms with Crippen LogP contribution in [0.5, 0.6) is 17.2 Å². The molecule has 1 aromatic rings. The van der Waals surface area contributed by atoms with E-state index in [2.05, 4.69) is 10.6 Å². The number of hydrogen-bond acceptors (Lipinski definition) is 5. The first-order chi connectivity index (χ1) is 11.9. The van der Waals surface area contributed by atoms with E-state index in [0.717, 1.165) is 5.56 Å². The molecule has 2 N–H and O–H groups in total. The largest absolute Gasteiger partial charge is 0.493 e. The van der Waals surface area contributed by atoms with Gasteiger partial charge in [-0.2, -0.15) is 0 Å². The summed E-state index contributed by atoms with van der Waals surface area (Å²) in [6, 6.07) is 3.66. The molecule has 0 atom stereocenters. The van der Waals surface area contributed by atoms with Gasteiger partial charge in [-0.15, -0.1) is 0 Å². The van der Waals surface area contributed by atoms with E-state index in [1.54, 1.807) is 21.3 Å². The van der Waals surface area contributed by atoms with Gasteiger partial charge in [-0.25, -0.2) is 0 Å². The van der Waals surface area contributed by atoms with Gasteiger partial charge in [0.1, 0.15) is 0 Å². The van der Waals surface area contributed by atoms with Crippen molar-refractivity contribution in [3.63, 3.8) is 0 Å². The number of amides is 2. The van der Waals surface area contributed by atoms with Gasteiger partial charge in [0, 0.05) is 25.4 Å². The predicted octanol–water partition coefficient (Wildman–Crippen LogP) is 1.53. The zero-order valence-electron chi connectivity index (χ0n) is 15.6. The number of hydrogen-bond donors (Lipinski definition) is 2. The highest BCUT2D eigenvalue weighted by molar-refractivity contribution is 5.78. The van der Waals surface area contributed by atoms with E-state index in [-0.39, 0.29) is 17.7 Å². The van der Waals surface area contributed by atoms with E-state index in [9.17, 15) is 9.59 Å². The number of ether oxygens (including phenoxy) is 3. The third-order valence-electron chi connectivity index (χ3n) is 3.64. The second-order valence-electron chi connectivity index (χ2n) is 5.83. The van der Waals surface area contributed by atoms with Gasteiger partial charge in [0.15, 0.2) is 11.5 Å². The smallest absolute Gasteiger partial charge is 0.222 e. The van der Waals surface area contributed by atoms with Crippen LogP contribution < -0.4 is 24.8 Å². The molecule has 0 bridgehead atoms. The maximum atomic E-state index is 11.9. The maximum absolute atomic E-state index is 11.9. The van der Waals surface area contributed by atoms with Crippen LogP contribution in [0.2, 0.25) is 0 Å². The van der Waals surface area contributed by atoms with Crippen molar-refractivity contribution in [3.8, 4) is 17.2 Å². The van der Waals surface area contributed by atoms with Crippen molar-refractivity contribution in [1.29, 1.82) is 0 Å². The second-order valence-corrected chi connectivity index (χ2v) is 5.83. The minimum Gasteiger partial charge on any atom is -0.493 e. The molecule has 1 aromatic carbocycles. The zero-order chi connectivity index (χ0) is 18.8. The van der Waals surface area contributed by atoms with Crippen LogP contribution in [0.4, 0.5) is 0 Å². The van der Waals surface area contributed by atoms with E-state index in [0.29, 0.717) is 43.2 Å². The molecule has 140 valence electrons. The van der Waals surface area contributed by atoms with Crippen molar-refractivity contribution in [3.05, 3.63) is 17.7 Å². The number of aryl methyl sites for hydroxylation is 1. The van der Waals surface area contributed by atoms with Crippen LogP contribution in [0.25, 0.3) is 0 Å². The Morgan fingerprint density at radius 1 is 0.960 bits per heavy atom. The minimum absolute atomic E-state index is 0.0216. The van der Waals surface area contributed by atoms with E-state index >= 15 is 0 Å². The summed E-state index contributed by atoms with van der Waals surface area (Å²) in [6.45, 7) is 4.48. The lowest BCUT2D eigenvalue weighted by Gasteiger charge is -2.14. The fraction of sp³-hybridized carbons (Fsp3) is 0.556. The molecule has 0 spiro atoms. The fourth-order valence-corrected chi connectivity index (χ4v) is 2.22. The monoisotopic (exact) mass is 352 g/mol. The molecular weight excluding hydrogens is 324 g/mol. The van der Waals surface area contributed by atoms with Crippen molar-refractivity contribution in [2.24, 2.45) is 5.92 Å². The topological polar surface area (TPSA) is 85.9 Å². The molecule has 0 aromatic heterocycles. The molecule has 0 aliphatic heterocycles. The lowest BCUT2D eigenvalue weighted by molar-refractivity contribution is -0.124. The maximum Gasteiger partial charge on any atom is 0.222 e. The molecule has 0 aliphatic carbocycles. The van der Waals surface area contributed by atoms with E-state index in [1.165, 1.54) is 0 Å². The fourth-order valence-electron chi connectivity index (χ4n) is 2.22. The summed E-state index contributed by atoms with van der Waals surface area (Å²) < 4.78 is 15.9. The quantitative estimate of drug-likeness (QED) is 0.624. The van der Waals surface area contributed by atoms with Crippen LogP contribution >= 0.6 is 0 Å². The number of nitrogens with one attached hydrogen (secondary N) is 2. The van der Waals surface area contributed by atoms with Gasteiger partial charge < -0.3 is 24.8 Å². The van der Waals surface area contributed by atoms with Crippen molar-refractivity contribution >= 4 is 11.8 Å². The van der Waals surface area contributed by atoms with Crippen LogP contribution in [0.15, 0.2) is 12.1 Å². The predicted molar refractivity (Wildman–Crippen MR) is 95.3 cm³/mol. The Kier molecular flexibility index (Phi) is 8.60. The molecule has 0 saturated heterocycles. The molecule has 0 heterocycles. The van der Waals surface area contributed by atoms with Gasteiger partial charge in [-0.1, -0.05) is 13.8 Å². The summed E-state index contributed by atoms with van der Waals surface area (Å²) in [4.78, 5) is 23.3. The first-order valence-electron chi connectivity index (χ1n) is 8.26. The van der Waals surface area contributed by atoms with Crippen LogP contribution in [0.1, 0.15) is 25.8 Å². The number of methoxy groups -OCH3 is 3. The van der Waals surface area contributed by atoms with Gasteiger partial charge in [-0.3, -0.25) is 9.59 Å². The Morgan fingerprint density at radius 3 is 2.00 bits per heavy atom. The SMILES string of the molecule is COc1cc(CCC(=O)NCCNC(=O)C(C)C)cc(OC)c1OC. The first-order valence-corrected chi connectivity index (χ1v) is 8.26. The van der Waals surface area contributed by atoms with Crippen LogP contribution in [-0.2, 0) is 16.0 Å². The number of benzene rings is 1. The van der Waals surface area contributed by atoms with Crippen molar-refractivity contribution in [2.75, 3.05) is 34.4 Å². The Morgan fingerprint density at radius 2 is 1.52 bits per heavy atom. The molecule has 7 heteroatoms. The number of rotatable bonds is 10. The Hall–Kier alpha value is -2.44. The molecule has 0 fully saturated rings. The normalized spacial score (nSPS) is 10.3. The van der Waals surface area contributed by atoms with Crippen molar-refractivity contribution < 1.29 is 23.8 Å². The molecule has 7 nitrogen and oxygen atoms in total. The number of carbonyl (C=O) groups excluding carboxylic acids is 2. The van der Waals surface area contributed by atoms with E-state index in [4.69, 9.17) is 14.2 Å². The second kappa shape index (κ2) is 10.4. The van der Waals surface area contributed by atoms with Gasteiger partial charge in [0.25, 0.3) is 0 Å². The molecule has 0 saturated carbocycles. The molecular formula is C18H28N2O5. The standard InChI is InChI=1S/C18H28N2O5/c1-12(2)18(22)20-9-8-19-16(21)7-6-13-10-14(23-3)17(25-5)15(11-13)24-4/h10-12H,6-9H2,1-5H3,(H,19,21)(H,20,22). The summed E-state index contributed by atoms with van der Waals surface area (Å²) in [5.41, 5.74) is 0.915. The molecule has 2 amide bonds. The summed E-state index contributed by atoms with van der Waals surface area (Å²) in [7, 11) is 4.66. The summed E-state index contributed by atoms with van der Waals surface area (Å²) in [5.74, 6) is 1.50. The Bertz CT molecular complexity index is 562. The third-order valence-corrected chi connectivity index (χ3v) is 3.64. The molecule has 25 heavy (non-hydrogen) atoms. The minimum atomic E-state index is -0.0763. The van der Waals surface area contributed by atoms with Gasteiger partial charge in [0.05, 0.1) is 21.3 Å². The molecule has 0 aliphatic rings. The number of carbonyl (C=O) groups is 2.